The summed E-state index contributed by atoms with van der Waals surface area (Å²) in [6.45, 7) is 5.13. The van der Waals surface area contributed by atoms with Crippen LogP contribution in [0.1, 0.15) is 28.4 Å². The first kappa shape index (κ1) is 24.7. The van der Waals surface area contributed by atoms with Gasteiger partial charge in [0.15, 0.2) is 0 Å². The lowest BCUT2D eigenvalue weighted by Gasteiger charge is -2.33. The molecule has 1 fully saturated rings. The minimum atomic E-state index is -4.83. The van der Waals surface area contributed by atoms with Crippen LogP contribution in [0.15, 0.2) is 48.8 Å². The Balaban J connectivity index is 2.16. The van der Waals surface area contributed by atoms with E-state index in [1.54, 1.807) is 0 Å². The standard InChI is InChI=1S/C23H20F4N4O3/c1-13-30(15-6-5-14(11-28)18(9-15)23(25,26)27)21(33)22(2,12-34-4)31(13)16-7-8-17(19(24)10-16)20(32)29-3/h5-10H,1,12H2,2-4H3,(H,29,32)/t22-/m1/s1. The molecule has 0 unspecified atom stereocenters. The lowest BCUT2D eigenvalue weighted by atomic mass is 10.00. The Morgan fingerprint density at radius 2 is 1.88 bits per heavy atom. The van der Waals surface area contributed by atoms with Crippen molar-refractivity contribution in [3.63, 3.8) is 0 Å². The first-order chi connectivity index (χ1) is 15.9. The summed E-state index contributed by atoms with van der Waals surface area (Å²) in [6, 6.07) is 7.98. The number of alkyl halides is 3. The SMILES string of the molecule is C=C1N(c2ccc(C#N)c(C(F)(F)F)c2)C(=O)[C@@](C)(COC)N1c1ccc(C(=O)NC)c(F)c1. The van der Waals surface area contributed by atoms with Gasteiger partial charge < -0.3 is 15.0 Å². The zero-order valence-electron chi connectivity index (χ0n) is 18.5. The van der Waals surface area contributed by atoms with Gasteiger partial charge in [-0.3, -0.25) is 14.5 Å². The molecule has 1 N–H and O–H groups in total. The lowest BCUT2D eigenvalue weighted by molar-refractivity contribution is -0.137. The molecule has 1 aliphatic rings. The Morgan fingerprint density at radius 1 is 1.24 bits per heavy atom. The van der Waals surface area contributed by atoms with Crippen molar-refractivity contribution in [3.05, 3.63) is 71.3 Å². The zero-order valence-corrected chi connectivity index (χ0v) is 18.5. The number of carbonyl (C=O) groups is 2. The number of nitrogens with one attached hydrogen (secondary N) is 1. The van der Waals surface area contributed by atoms with E-state index in [4.69, 9.17) is 10.00 Å². The molecule has 0 bridgehead atoms. The third kappa shape index (κ3) is 3.97. The van der Waals surface area contributed by atoms with Crippen molar-refractivity contribution in [1.82, 2.24) is 5.32 Å². The zero-order chi connectivity index (χ0) is 25.4. The summed E-state index contributed by atoms with van der Waals surface area (Å²) >= 11 is 0. The summed E-state index contributed by atoms with van der Waals surface area (Å²) in [4.78, 5) is 27.6. The van der Waals surface area contributed by atoms with E-state index in [0.29, 0.717) is 6.07 Å². The Hall–Kier alpha value is -3.91. The normalized spacial score (nSPS) is 18.3. The fraction of sp³-hybridized carbons (Fsp3) is 0.261. The minimum Gasteiger partial charge on any atom is -0.382 e. The average molecular weight is 476 g/mol. The quantitative estimate of drug-likeness (QED) is 0.664. The maximum absolute atomic E-state index is 14.7. The number of hydrogen-bond acceptors (Lipinski definition) is 5. The first-order valence-electron chi connectivity index (χ1n) is 9.86. The molecule has 2 aromatic carbocycles. The second kappa shape index (κ2) is 8.79. The molecule has 2 amide bonds. The number of methoxy groups -OCH3 is 1. The number of nitrogens with zero attached hydrogens (tertiary/aromatic N) is 3. The number of ether oxygens (including phenoxy) is 1. The lowest BCUT2D eigenvalue weighted by Crippen LogP contribution is -2.50. The highest BCUT2D eigenvalue weighted by atomic mass is 19.4. The number of benzene rings is 2. The van der Waals surface area contributed by atoms with Crippen LogP contribution in [0.5, 0.6) is 0 Å². The van der Waals surface area contributed by atoms with Gasteiger partial charge in [-0.05, 0) is 43.3 Å². The van der Waals surface area contributed by atoms with Gasteiger partial charge in [0.25, 0.3) is 11.8 Å². The van der Waals surface area contributed by atoms with Crippen LogP contribution in [-0.4, -0.2) is 38.1 Å². The molecule has 1 saturated heterocycles. The molecule has 0 aliphatic carbocycles. The first-order valence-corrected chi connectivity index (χ1v) is 9.86. The monoisotopic (exact) mass is 476 g/mol. The van der Waals surface area contributed by atoms with Crippen LogP contribution in [0.4, 0.5) is 28.9 Å². The summed E-state index contributed by atoms with van der Waals surface area (Å²) in [5.41, 5.74) is -3.57. The van der Waals surface area contributed by atoms with E-state index in [-0.39, 0.29) is 29.4 Å². The van der Waals surface area contributed by atoms with Crippen molar-refractivity contribution in [3.8, 4) is 6.07 Å². The van der Waals surface area contributed by atoms with E-state index in [2.05, 4.69) is 11.9 Å². The van der Waals surface area contributed by atoms with E-state index < -0.39 is 40.5 Å². The van der Waals surface area contributed by atoms with E-state index in [1.165, 1.54) is 50.2 Å². The molecular formula is C23H20F4N4O3. The van der Waals surface area contributed by atoms with Crippen molar-refractivity contribution in [2.45, 2.75) is 18.6 Å². The van der Waals surface area contributed by atoms with Crippen LogP contribution in [0.3, 0.4) is 0 Å². The molecule has 0 radical (unpaired) electrons. The van der Waals surface area contributed by atoms with Gasteiger partial charge in [0, 0.05) is 19.8 Å². The molecule has 7 nitrogen and oxygen atoms in total. The van der Waals surface area contributed by atoms with Gasteiger partial charge in [0.05, 0.1) is 35.1 Å². The fourth-order valence-electron chi connectivity index (χ4n) is 3.91. The second-order valence-corrected chi connectivity index (χ2v) is 7.68. The minimum absolute atomic E-state index is 0.0607. The maximum atomic E-state index is 14.7. The highest BCUT2D eigenvalue weighted by molar-refractivity contribution is 6.10. The smallest absolute Gasteiger partial charge is 0.382 e. The summed E-state index contributed by atoms with van der Waals surface area (Å²) in [6.07, 6.45) is -4.83. The number of anilines is 2. The summed E-state index contributed by atoms with van der Waals surface area (Å²) in [5, 5.41) is 11.4. The van der Waals surface area contributed by atoms with Gasteiger partial charge in [-0.2, -0.15) is 18.4 Å². The van der Waals surface area contributed by atoms with Crippen molar-refractivity contribution in [1.29, 1.82) is 5.26 Å². The Labute approximate surface area is 192 Å². The van der Waals surface area contributed by atoms with Gasteiger partial charge in [0.2, 0.25) is 0 Å². The molecule has 0 spiro atoms. The molecule has 0 aromatic heterocycles. The van der Waals surface area contributed by atoms with Crippen molar-refractivity contribution < 1.29 is 31.9 Å². The third-order valence-corrected chi connectivity index (χ3v) is 5.47. The predicted octanol–water partition coefficient (Wildman–Crippen LogP) is 3.81. The van der Waals surface area contributed by atoms with Crippen molar-refractivity contribution in [2.75, 3.05) is 30.6 Å². The Bertz CT molecular complexity index is 1220. The van der Waals surface area contributed by atoms with E-state index >= 15 is 0 Å². The number of hydrogen-bond donors (Lipinski definition) is 1. The van der Waals surface area contributed by atoms with Crippen LogP contribution in [-0.2, 0) is 15.7 Å². The number of carbonyl (C=O) groups excluding carboxylic acids is 2. The number of rotatable bonds is 5. The Morgan fingerprint density at radius 3 is 2.41 bits per heavy atom. The molecule has 11 heteroatoms. The summed E-state index contributed by atoms with van der Waals surface area (Å²) in [5.74, 6) is -2.26. The molecule has 178 valence electrons. The fourth-order valence-corrected chi connectivity index (χ4v) is 3.91. The van der Waals surface area contributed by atoms with E-state index in [9.17, 15) is 27.2 Å². The van der Waals surface area contributed by atoms with Gasteiger partial charge in [0.1, 0.15) is 17.2 Å². The van der Waals surface area contributed by atoms with Gasteiger partial charge >= 0.3 is 6.18 Å². The maximum Gasteiger partial charge on any atom is 0.417 e. The Kier molecular flexibility index (Phi) is 6.40. The van der Waals surface area contributed by atoms with Crippen LogP contribution < -0.4 is 15.1 Å². The largest absolute Gasteiger partial charge is 0.417 e. The number of halogens is 4. The molecule has 2 aromatic rings. The topological polar surface area (TPSA) is 85.7 Å². The van der Waals surface area contributed by atoms with Crippen LogP contribution in [0, 0.1) is 17.1 Å². The summed E-state index contributed by atoms with van der Waals surface area (Å²) in [7, 11) is 2.68. The predicted molar refractivity (Wildman–Crippen MR) is 115 cm³/mol. The van der Waals surface area contributed by atoms with Crippen LogP contribution in [0.2, 0.25) is 0 Å². The van der Waals surface area contributed by atoms with Gasteiger partial charge in [-0.1, -0.05) is 6.58 Å². The van der Waals surface area contributed by atoms with Gasteiger partial charge in [-0.15, -0.1) is 0 Å². The molecule has 0 saturated carbocycles. The van der Waals surface area contributed by atoms with E-state index in [1.807, 2.05) is 0 Å². The van der Waals surface area contributed by atoms with Crippen LogP contribution in [0.25, 0.3) is 0 Å². The van der Waals surface area contributed by atoms with E-state index in [0.717, 1.165) is 17.0 Å². The van der Waals surface area contributed by atoms with Gasteiger partial charge in [-0.25, -0.2) is 4.39 Å². The number of nitriles is 1. The molecule has 1 atom stereocenters. The van der Waals surface area contributed by atoms with Crippen LogP contribution >= 0.6 is 0 Å². The summed E-state index contributed by atoms with van der Waals surface area (Å²) < 4.78 is 60.4. The average Bonchev–Trinajstić information content (AvgIpc) is 2.97. The molecule has 34 heavy (non-hydrogen) atoms. The molecule has 1 heterocycles. The molecule has 3 rings (SSSR count). The number of amides is 2. The molecular weight excluding hydrogens is 456 g/mol. The molecule has 1 aliphatic heterocycles. The second-order valence-electron chi connectivity index (χ2n) is 7.68. The van der Waals surface area contributed by atoms with Crippen molar-refractivity contribution >= 4 is 23.2 Å². The van der Waals surface area contributed by atoms with Crippen molar-refractivity contribution in [2.24, 2.45) is 0 Å². The third-order valence-electron chi connectivity index (χ3n) is 5.47. The highest BCUT2D eigenvalue weighted by Crippen LogP contribution is 2.43. The highest BCUT2D eigenvalue weighted by Gasteiger charge is 2.53.